The van der Waals surface area contributed by atoms with Gasteiger partial charge < -0.3 is 38.9 Å². The van der Waals surface area contributed by atoms with Gasteiger partial charge in [-0.25, -0.2) is 19.6 Å². The van der Waals surface area contributed by atoms with Crippen LogP contribution in [-0.2, 0) is 26.9 Å². The Balaban J connectivity index is 0.945. The number of ether oxygens (including phenoxy) is 3. The van der Waals surface area contributed by atoms with Crippen LogP contribution >= 0.6 is 0 Å². The Hall–Kier alpha value is -7.03. The van der Waals surface area contributed by atoms with Gasteiger partial charge in [-0.2, -0.15) is 0 Å². The number of piperidine rings is 1. The standard InChI is InChI=1S/C58H64N8O6/c1-36-32-66(56(69)72-57(3,4)5)37(2)31-65(36)40-25-28-64(29-26-40)54-61-50-23-20-38(48-33-63(6)53(67)51-46(48)24-27-59-51)30-47(50)52(62-54)58(71-41-21-22-41,39-14-8-7-9-15-39)35-60-55(68)70-34-49-44-18-12-10-16-42(44)43-17-11-13-19-45(43)49/h7-20,23-24,27,30,33,36-37,40-41,49,59H,21-22,25-26,28-29,31-32,34-35H2,1-6H3,(H,60,68)/t36-,37+,58?/m0/s1. The van der Waals surface area contributed by atoms with Crippen LogP contribution in [-0.4, -0.2) is 111 Å². The summed E-state index contributed by atoms with van der Waals surface area (Å²) in [5, 5.41) is 4.79. The fraction of sp³-hybridized carbons (Fsp3) is 0.397. The number of amides is 2. The molecular weight excluding hydrogens is 905 g/mol. The quantitative estimate of drug-likeness (QED) is 0.128. The van der Waals surface area contributed by atoms with Crippen LogP contribution in [0.3, 0.4) is 0 Å². The predicted molar refractivity (Wildman–Crippen MR) is 280 cm³/mol. The highest BCUT2D eigenvalue weighted by Crippen LogP contribution is 2.46. The average molecular weight is 969 g/mol. The number of rotatable bonds is 11. The molecule has 4 aromatic carbocycles. The van der Waals surface area contributed by atoms with Gasteiger partial charge >= 0.3 is 12.2 Å². The van der Waals surface area contributed by atoms with Gasteiger partial charge in [-0.1, -0.05) is 84.9 Å². The number of hydrogen-bond acceptors (Lipinski definition) is 10. The van der Waals surface area contributed by atoms with E-state index in [1.54, 1.807) is 17.8 Å². The summed E-state index contributed by atoms with van der Waals surface area (Å²) in [5.41, 5.74) is 7.18. The van der Waals surface area contributed by atoms with E-state index in [0.717, 1.165) is 101 Å². The Bertz CT molecular complexity index is 3180. The lowest BCUT2D eigenvalue weighted by atomic mass is 9.86. The van der Waals surface area contributed by atoms with Crippen molar-refractivity contribution in [1.82, 2.24) is 34.6 Å². The number of hydrogen-bond donors (Lipinski definition) is 2. The zero-order chi connectivity index (χ0) is 49.9. The molecule has 2 N–H and O–H groups in total. The number of carbonyl (C=O) groups is 2. The van der Waals surface area contributed by atoms with E-state index in [1.165, 1.54) is 0 Å². The first-order chi connectivity index (χ1) is 34.7. The molecule has 2 amide bonds. The molecule has 2 aliphatic carbocycles. The minimum atomic E-state index is -1.27. The zero-order valence-corrected chi connectivity index (χ0v) is 42.1. The summed E-state index contributed by atoms with van der Waals surface area (Å²) in [6, 6.07) is 35.4. The number of aryl methyl sites for hydroxylation is 1. The third-order valence-electron chi connectivity index (χ3n) is 15.1. The van der Waals surface area contributed by atoms with E-state index >= 15 is 0 Å². The highest BCUT2D eigenvalue weighted by Gasteiger charge is 2.45. The molecule has 4 aliphatic rings. The Kier molecular flexibility index (Phi) is 12.4. The summed E-state index contributed by atoms with van der Waals surface area (Å²) < 4.78 is 20.9. The molecule has 0 bridgehead atoms. The second-order valence-corrected chi connectivity index (χ2v) is 21.3. The SMILES string of the molecule is C[C@@H]1CN(C2CCN(c3nc(C(CNC(=O)OCC4c5ccccc5-c5ccccc54)(OC4CC4)c4ccccc4)c4cc(-c5cn(C)c(=O)c6[nH]ccc56)ccc4n3)CC2)[C@@H](C)CN1C(=O)OC(C)(C)C. The van der Waals surface area contributed by atoms with E-state index in [2.05, 4.69) is 70.3 Å². The molecule has 2 saturated heterocycles. The predicted octanol–water partition coefficient (Wildman–Crippen LogP) is 9.74. The molecule has 0 radical (unpaired) electrons. The van der Waals surface area contributed by atoms with E-state index in [0.29, 0.717) is 29.7 Å². The molecule has 72 heavy (non-hydrogen) atoms. The van der Waals surface area contributed by atoms with Crippen LogP contribution in [0, 0.1) is 0 Å². The first-order valence-corrected chi connectivity index (χ1v) is 25.6. The van der Waals surface area contributed by atoms with Gasteiger partial charge in [0.15, 0.2) is 5.60 Å². The molecule has 3 aromatic heterocycles. The fourth-order valence-electron chi connectivity index (χ4n) is 11.4. The molecule has 3 atom stereocenters. The number of nitrogens with zero attached hydrogens (tertiary/aromatic N) is 6. The summed E-state index contributed by atoms with van der Waals surface area (Å²) in [7, 11) is 1.77. The molecule has 1 unspecified atom stereocenters. The number of aromatic nitrogens is 4. The zero-order valence-electron chi connectivity index (χ0n) is 42.1. The minimum Gasteiger partial charge on any atom is -0.449 e. The fourth-order valence-corrected chi connectivity index (χ4v) is 11.4. The molecule has 372 valence electrons. The molecular formula is C58H64N8O6. The van der Waals surface area contributed by atoms with Gasteiger partial charge in [0.25, 0.3) is 5.56 Å². The molecule has 2 aliphatic heterocycles. The Morgan fingerprint density at radius 3 is 2.18 bits per heavy atom. The highest BCUT2D eigenvalue weighted by molar-refractivity contribution is 5.97. The Labute approximate surface area is 420 Å². The lowest BCUT2D eigenvalue weighted by Gasteiger charge is -2.49. The summed E-state index contributed by atoms with van der Waals surface area (Å²) >= 11 is 0. The van der Waals surface area contributed by atoms with Crippen molar-refractivity contribution in [2.24, 2.45) is 7.05 Å². The van der Waals surface area contributed by atoms with Crippen LogP contribution in [0.15, 0.2) is 120 Å². The van der Waals surface area contributed by atoms with Gasteiger partial charge in [0.2, 0.25) is 5.95 Å². The van der Waals surface area contributed by atoms with Crippen LogP contribution in [0.5, 0.6) is 0 Å². The van der Waals surface area contributed by atoms with Gasteiger partial charge in [0, 0.05) is 86.0 Å². The summed E-state index contributed by atoms with van der Waals surface area (Å²) in [6.07, 6.45) is 6.34. The van der Waals surface area contributed by atoms with Crippen LogP contribution in [0.1, 0.15) is 88.6 Å². The molecule has 1 saturated carbocycles. The van der Waals surface area contributed by atoms with Crippen molar-refractivity contribution >= 4 is 39.9 Å². The van der Waals surface area contributed by atoms with Gasteiger partial charge in [-0.15, -0.1) is 0 Å². The van der Waals surface area contributed by atoms with Crippen molar-refractivity contribution < 1.29 is 23.8 Å². The number of alkyl carbamates (subject to hydrolysis) is 1. The van der Waals surface area contributed by atoms with Crippen LogP contribution in [0.25, 0.3) is 44.1 Å². The van der Waals surface area contributed by atoms with Gasteiger partial charge in [-0.3, -0.25) is 9.69 Å². The second kappa shape index (κ2) is 18.9. The van der Waals surface area contributed by atoms with E-state index in [1.807, 2.05) is 98.6 Å². The maximum atomic E-state index is 14.2. The van der Waals surface area contributed by atoms with Crippen molar-refractivity contribution in [2.75, 3.05) is 44.2 Å². The maximum absolute atomic E-state index is 14.2. The van der Waals surface area contributed by atoms with E-state index < -0.39 is 17.3 Å². The monoisotopic (exact) mass is 968 g/mol. The van der Waals surface area contributed by atoms with Gasteiger partial charge in [0.1, 0.15) is 17.7 Å². The molecule has 11 rings (SSSR count). The first kappa shape index (κ1) is 47.3. The highest BCUT2D eigenvalue weighted by atomic mass is 16.6. The first-order valence-electron chi connectivity index (χ1n) is 25.6. The van der Waals surface area contributed by atoms with Crippen LogP contribution < -0.4 is 15.8 Å². The number of aromatic amines is 1. The molecule has 7 aromatic rings. The van der Waals surface area contributed by atoms with Crippen molar-refractivity contribution in [2.45, 2.75) is 102 Å². The smallest absolute Gasteiger partial charge is 0.410 e. The lowest BCUT2D eigenvalue weighted by molar-refractivity contribution is -0.0314. The maximum Gasteiger partial charge on any atom is 0.410 e. The van der Waals surface area contributed by atoms with Crippen molar-refractivity contribution in [3.05, 3.63) is 148 Å². The van der Waals surface area contributed by atoms with Crippen LogP contribution in [0.2, 0.25) is 0 Å². The Morgan fingerprint density at radius 2 is 1.49 bits per heavy atom. The third kappa shape index (κ3) is 8.99. The third-order valence-corrected chi connectivity index (χ3v) is 15.1. The average Bonchev–Trinajstić information content (AvgIpc) is 3.95. The topological polar surface area (TPSA) is 147 Å². The number of fused-ring (bicyclic) bond motifs is 5. The lowest BCUT2D eigenvalue weighted by Crippen LogP contribution is -2.62. The molecule has 0 spiro atoms. The number of piperazine rings is 1. The largest absolute Gasteiger partial charge is 0.449 e. The molecule has 5 heterocycles. The molecule has 14 heteroatoms. The molecule has 3 fully saturated rings. The molecule has 14 nitrogen and oxygen atoms in total. The normalized spacial score (nSPS) is 19.5. The van der Waals surface area contributed by atoms with E-state index in [9.17, 15) is 14.4 Å². The number of H-pyrrole nitrogens is 1. The van der Waals surface area contributed by atoms with E-state index in [-0.39, 0.29) is 48.9 Å². The number of nitrogens with one attached hydrogen (secondary N) is 2. The summed E-state index contributed by atoms with van der Waals surface area (Å²) in [5.74, 6) is 0.494. The number of anilines is 1. The summed E-state index contributed by atoms with van der Waals surface area (Å²) in [6.45, 7) is 13.1. The van der Waals surface area contributed by atoms with Crippen molar-refractivity contribution in [1.29, 1.82) is 0 Å². The number of benzene rings is 4. The minimum absolute atomic E-state index is 0.0130. The number of carbonyl (C=O) groups excluding carboxylic acids is 2. The van der Waals surface area contributed by atoms with E-state index in [4.69, 9.17) is 24.2 Å². The summed E-state index contributed by atoms with van der Waals surface area (Å²) in [4.78, 5) is 61.4. The van der Waals surface area contributed by atoms with Crippen LogP contribution in [0.4, 0.5) is 15.5 Å². The van der Waals surface area contributed by atoms with Gasteiger partial charge in [-0.05, 0) is 112 Å². The Morgan fingerprint density at radius 1 is 0.792 bits per heavy atom. The number of pyridine rings is 1. The second-order valence-electron chi connectivity index (χ2n) is 21.3. The van der Waals surface area contributed by atoms with Crippen molar-refractivity contribution in [3.63, 3.8) is 0 Å². The van der Waals surface area contributed by atoms with Gasteiger partial charge in [0.05, 0.1) is 23.9 Å². The van der Waals surface area contributed by atoms with Crippen molar-refractivity contribution in [3.8, 4) is 22.3 Å².